The Bertz CT molecular complexity index is 917. The number of rotatable bonds is 2. The van der Waals surface area contributed by atoms with E-state index in [4.69, 9.17) is 0 Å². The van der Waals surface area contributed by atoms with Crippen molar-refractivity contribution in [1.29, 1.82) is 0 Å². The number of anilines is 2. The summed E-state index contributed by atoms with van der Waals surface area (Å²) in [6.45, 7) is 2.89. The van der Waals surface area contributed by atoms with Crippen molar-refractivity contribution in [2.45, 2.75) is 19.9 Å². The number of aromatic nitrogens is 2. The van der Waals surface area contributed by atoms with Crippen molar-refractivity contribution in [3.63, 3.8) is 0 Å². The number of hydrogen-bond donors (Lipinski definition) is 2. The van der Waals surface area contributed by atoms with Crippen LogP contribution in [0.15, 0.2) is 36.5 Å². The zero-order valence-electron chi connectivity index (χ0n) is 13.3. The molecule has 1 amide bonds. The van der Waals surface area contributed by atoms with Gasteiger partial charge in [-0.3, -0.25) is 4.79 Å². The minimum absolute atomic E-state index is 0.0759. The van der Waals surface area contributed by atoms with Crippen LogP contribution in [0.1, 0.15) is 18.2 Å². The number of halogens is 1. The summed E-state index contributed by atoms with van der Waals surface area (Å²) >= 11 is 0. The van der Waals surface area contributed by atoms with E-state index < -0.39 is 0 Å². The van der Waals surface area contributed by atoms with Crippen LogP contribution < -0.4 is 5.32 Å². The average molecular weight is 324 g/mol. The number of nitrogens with zero attached hydrogens (tertiary/aromatic N) is 2. The number of carbonyl (C=O) groups is 1. The lowest BCUT2D eigenvalue weighted by Crippen LogP contribution is -2.33. The standard InChI is InChI=1S/C18H17FN4O/c1-11(24)23-9-7-15-14(10-23)17-16(6-8-20-18(17)22-15)21-13-4-2-12(19)3-5-13/h2-6,8H,7,9-10H2,1H3,(H2,20,21,22). The van der Waals surface area contributed by atoms with Gasteiger partial charge in [0.25, 0.3) is 0 Å². The molecule has 1 aliphatic heterocycles. The van der Waals surface area contributed by atoms with E-state index in [1.807, 2.05) is 11.0 Å². The van der Waals surface area contributed by atoms with Crippen molar-refractivity contribution < 1.29 is 9.18 Å². The van der Waals surface area contributed by atoms with Crippen LogP contribution in [-0.4, -0.2) is 27.3 Å². The fourth-order valence-electron chi connectivity index (χ4n) is 3.20. The van der Waals surface area contributed by atoms with Crippen LogP contribution in [0.3, 0.4) is 0 Å². The number of pyridine rings is 1. The predicted molar refractivity (Wildman–Crippen MR) is 90.6 cm³/mol. The lowest BCUT2D eigenvalue weighted by atomic mass is 10.0. The molecule has 3 aromatic rings. The normalized spacial score (nSPS) is 13.8. The second-order valence-corrected chi connectivity index (χ2v) is 5.99. The summed E-state index contributed by atoms with van der Waals surface area (Å²) in [5.41, 5.74) is 4.73. The summed E-state index contributed by atoms with van der Waals surface area (Å²) in [6.07, 6.45) is 2.53. The maximum Gasteiger partial charge on any atom is 0.219 e. The number of benzene rings is 1. The molecule has 6 heteroatoms. The Morgan fingerprint density at radius 2 is 2.08 bits per heavy atom. The Labute approximate surface area is 138 Å². The van der Waals surface area contributed by atoms with Gasteiger partial charge in [0.15, 0.2) is 0 Å². The van der Waals surface area contributed by atoms with Crippen LogP contribution in [0.2, 0.25) is 0 Å². The predicted octanol–water partition coefficient (Wildman–Crippen LogP) is 3.35. The van der Waals surface area contributed by atoms with Gasteiger partial charge in [-0.05, 0) is 30.3 Å². The summed E-state index contributed by atoms with van der Waals surface area (Å²) in [4.78, 5) is 21.3. The molecule has 0 unspecified atom stereocenters. The maximum atomic E-state index is 13.1. The highest BCUT2D eigenvalue weighted by atomic mass is 19.1. The summed E-state index contributed by atoms with van der Waals surface area (Å²) in [5, 5.41) is 4.31. The van der Waals surface area contributed by atoms with E-state index in [9.17, 15) is 9.18 Å². The summed E-state index contributed by atoms with van der Waals surface area (Å²) < 4.78 is 13.1. The fourth-order valence-corrected chi connectivity index (χ4v) is 3.20. The summed E-state index contributed by atoms with van der Waals surface area (Å²) in [7, 11) is 0. The molecule has 3 heterocycles. The van der Waals surface area contributed by atoms with Gasteiger partial charge < -0.3 is 15.2 Å². The number of amides is 1. The number of hydrogen-bond acceptors (Lipinski definition) is 3. The Kier molecular flexibility index (Phi) is 3.45. The van der Waals surface area contributed by atoms with Crippen molar-refractivity contribution in [3.05, 3.63) is 53.6 Å². The Hall–Kier alpha value is -2.89. The highest BCUT2D eigenvalue weighted by molar-refractivity contribution is 5.95. The molecule has 0 spiro atoms. The quantitative estimate of drug-likeness (QED) is 0.760. The number of fused-ring (bicyclic) bond motifs is 3. The minimum Gasteiger partial charge on any atom is -0.355 e. The summed E-state index contributed by atoms with van der Waals surface area (Å²) in [6, 6.07) is 8.13. The van der Waals surface area contributed by atoms with Crippen molar-refractivity contribution in [1.82, 2.24) is 14.9 Å². The number of carbonyl (C=O) groups excluding carboxylic acids is 1. The van der Waals surface area contributed by atoms with Crippen molar-refractivity contribution >= 4 is 28.3 Å². The molecule has 122 valence electrons. The van der Waals surface area contributed by atoms with E-state index in [-0.39, 0.29) is 11.7 Å². The molecule has 1 aliphatic rings. The van der Waals surface area contributed by atoms with E-state index in [0.29, 0.717) is 6.54 Å². The molecule has 0 saturated carbocycles. The Balaban J connectivity index is 1.78. The number of nitrogens with one attached hydrogen (secondary N) is 2. The first kappa shape index (κ1) is 14.7. The molecule has 0 saturated heterocycles. The topological polar surface area (TPSA) is 61.0 Å². The van der Waals surface area contributed by atoms with Gasteiger partial charge in [-0.15, -0.1) is 0 Å². The number of H-pyrrole nitrogens is 1. The molecule has 0 atom stereocenters. The van der Waals surface area contributed by atoms with Crippen LogP contribution in [0, 0.1) is 5.82 Å². The third-order valence-electron chi connectivity index (χ3n) is 4.44. The molecule has 0 aliphatic carbocycles. The second-order valence-electron chi connectivity index (χ2n) is 5.99. The van der Waals surface area contributed by atoms with Crippen molar-refractivity contribution in [2.75, 3.05) is 11.9 Å². The third-order valence-corrected chi connectivity index (χ3v) is 4.44. The van der Waals surface area contributed by atoms with Gasteiger partial charge >= 0.3 is 0 Å². The molecular weight excluding hydrogens is 307 g/mol. The number of aromatic amines is 1. The monoisotopic (exact) mass is 324 g/mol. The van der Waals surface area contributed by atoms with Crippen molar-refractivity contribution in [3.8, 4) is 0 Å². The first-order chi connectivity index (χ1) is 11.6. The minimum atomic E-state index is -0.267. The summed E-state index contributed by atoms with van der Waals surface area (Å²) in [5.74, 6) is -0.191. The average Bonchev–Trinajstić information content (AvgIpc) is 2.95. The zero-order valence-corrected chi connectivity index (χ0v) is 13.3. The van der Waals surface area contributed by atoms with Gasteiger partial charge in [0.1, 0.15) is 11.5 Å². The van der Waals surface area contributed by atoms with Gasteiger partial charge in [-0.1, -0.05) is 0 Å². The molecule has 0 radical (unpaired) electrons. The molecule has 2 N–H and O–H groups in total. The van der Waals surface area contributed by atoms with Crippen LogP contribution >= 0.6 is 0 Å². The SMILES string of the molecule is CC(=O)N1CCc2[nH]c3nccc(Nc4ccc(F)cc4)c3c2C1. The fraction of sp³-hybridized carbons (Fsp3) is 0.222. The highest BCUT2D eigenvalue weighted by Gasteiger charge is 2.24. The van der Waals surface area contributed by atoms with Crippen molar-refractivity contribution in [2.24, 2.45) is 0 Å². The molecule has 0 bridgehead atoms. The van der Waals surface area contributed by atoms with E-state index in [1.165, 1.54) is 12.1 Å². The molecule has 2 aromatic heterocycles. The highest BCUT2D eigenvalue weighted by Crippen LogP contribution is 2.33. The van der Waals surface area contributed by atoms with Gasteiger partial charge in [-0.2, -0.15) is 0 Å². The van der Waals surface area contributed by atoms with E-state index in [1.54, 1.807) is 25.3 Å². The molecule has 4 rings (SSSR count). The van der Waals surface area contributed by atoms with Crippen LogP contribution in [0.25, 0.3) is 11.0 Å². The lowest BCUT2D eigenvalue weighted by Gasteiger charge is -2.26. The smallest absolute Gasteiger partial charge is 0.219 e. The molecule has 5 nitrogen and oxygen atoms in total. The molecule has 0 fully saturated rings. The second kappa shape index (κ2) is 5.63. The van der Waals surface area contributed by atoms with Crippen LogP contribution in [0.5, 0.6) is 0 Å². The van der Waals surface area contributed by atoms with Gasteiger partial charge in [0, 0.05) is 55.0 Å². The van der Waals surface area contributed by atoms with Crippen LogP contribution in [-0.2, 0) is 17.8 Å². The molecule has 24 heavy (non-hydrogen) atoms. The first-order valence-corrected chi connectivity index (χ1v) is 7.88. The van der Waals surface area contributed by atoms with E-state index in [2.05, 4.69) is 15.3 Å². The Morgan fingerprint density at radius 1 is 1.29 bits per heavy atom. The first-order valence-electron chi connectivity index (χ1n) is 7.88. The maximum absolute atomic E-state index is 13.1. The van der Waals surface area contributed by atoms with Crippen LogP contribution in [0.4, 0.5) is 15.8 Å². The van der Waals surface area contributed by atoms with Gasteiger partial charge in [0.2, 0.25) is 5.91 Å². The van der Waals surface area contributed by atoms with E-state index in [0.717, 1.165) is 46.6 Å². The Morgan fingerprint density at radius 3 is 2.83 bits per heavy atom. The molecule has 1 aromatic carbocycles. The van der Waals surface area contributed by atoms with Gasteiger partial charge in [-0.25, -0.2) is 9.37 Å². The third kappa shape index (κ3) is 2.50. The zero-order chi connectivity index (χ0) is 16.7. The molecular formula is C18H17FN4O. The van der Waals surface area contributed by atoms with E-state index >= 15 is 0 Å². The lowest BCUT2D eigenvalue weighted by molar-refractivity contribution is -0.129. The van der Waals surface area contributed by atoms with Gasteiger partial charge in [0.05, 0.1) is 5.69 Å². The largest absolute Gasteiger partial charge is 0.355 e.